The van der Waals surface area contributed by atoms with Crippen LogP contribution in [0, 0.1) is 0 Å². The molecule has 0 aromatic rings. The van der Waals surface area contributed by atoms with Crippen molar-refractivity contribution >= 4 is 5.97 Å². The number of carbonyl (C=O) groups is 1. The molecule has 0 aromatic carbocycles. The standard InChI is InChI=1S/C30H56O3/c1-3-4-5-6-7-8-9-10-11-12-13-14-15-16-17-18-19-20-21-22-23-24-25-26-30(27-28-31)33-29(2)32/h10-11,18-19,30-31H,3-9,12-17,20-28H2,1-2H3/t30-/m1/s1. The zero-order valence-electron chi connectivity index (χ0n) is 22.2. The average Bonchev–Trinajstić information content (AvgIpc) is 2.79. The number of allylic oxidation sites excluding steroid dienone is 4. The molecular formula is C30H56O3. The van der Waals surface area contributed by atoms with Crippen LogP contribution in [0.2, 0.25) is 0 Å². The number of rotatable bonds is 25. The summed E-state index contributed by atoms with van der Waals surface area (Å²) in [6.45, 7) is 3.80. The Morgan fingerprint density at radius 2 is 1.03 bits per heavy atom. The average molecular weight is 465 g/mol. The van der Waals surface area contributed by atoms with E-state index < -0.39 is 0 Å². The van der Waals surface area contributed by atoms with E-state index >= 15 is 0 Å². The fraction of sp³-hybridized carbons (Fsp3) is 0.833. The van der Waals surface area contributed by atoms with Crippen molar-refractivity contribution in [1.29, 1.82) is 0 Å². The van der Waals surface area contributed by atoms with Gasteiger partial charge in [0.05, 0.1) is 0 Å². The molecule has 0 amide bonds. The summed E-state index contributed by atoms with van der Waals surface area (Å²) in [5, 5.41) is 9.03. The molecule has 0 bridgehead atoms. The maximum absolute atomic E-state index is 11.0. The lowest BCUT2D eigenvalue weighted by Gasteiger charge is -2.15. The van der Waals surface area contributed by atoms with Gasteiger partial charge in [0.1, 0.15) is 6.10 Å². The lowest BCUT2D eigenvalue weighted by molar-refractivity contribution is -0.147. The van der Waals surface area contributed by atoms with Crippen LogP contribution in [0.3, 0.4) is 0 Å². The normalized spacial score (nSPS) is 12.7. The number of hydrogen-bond acceptors (Lipinski definition) is 3. The Bertz CT molecular complexity index is 455. The quantitative estimate of drug-likeness (QED) is 0.0831. The third kappa shape index (κ3) is 27.0. The highest BCUT2D eigenvalue weighted by Gasteiger charge is 2.10. The first-order valence-electron chi connectivity index (χ1n) is 14.3. The van der Waals surface area contributed by atoms with Crippen molar-refractivity contribution in [2.45, 2.75) is 155 Å². The summed E-state index contributed by atoms with van der Waals surface area (Å²) < 4.78 is 5.23. The number of aliphatic hydroxyl groups is 1. The maximum Gasteiger partial charge on any atom is 0.302 e. The van der Waals surface area contributed by atoms with Gasteiger partial charge in [0, 0.05) is 20.0 Å². The summed E-state index contributed by atoms with van der Waals surface area (Å²) >= 11 is 0. The van der Waals surface area contributed by atoms with E-state index in [1.165, 1.54) is 122 Å². The van der Waals surface area contributed by atoms with Gasteiger partial charge in [-0.3, -0.25) is 4.79 Å². The third-order valence-electron chi connectivity index (χ3n) is 6.23. The minimum atomic E-state index is -0.244. The minimum Gasteiger partial charge on any atom is -0.462 e. The highest BCUT2D eigenvalue weighted by Crippen LogP contribution is 2.14. The Hall–Kier alpha value is -1.09. The van der Waals surface area contributed by atoms with Gasteiger partial charge in [0.15, 0.2) is 0 Å². The van der Waals surface area contributed by atoms with Crippen molar-refractivity contribution in [2.24, 2.45) is 0 Å². The molecule has 0 unspecified atom stereocenters. The molecule has 3 nitrogen and oxygen atoms in total. The van der Waals surface area contributed by atoms with Gasteiger partial charge in [0.25, 0.3) is 0 Å². The van der Waals surface area contributed by atoms with Crippen molar-refractivity contribution in [1.82, 2.24) is 0 Å². The smallest absolute Gasteiger partial charge is 0.302 e. The molecule has 3 heteroatoms. The van der Waals surface area contributed by atoms with E-state index in [1.54, 1.807) is 0 Å². The lowest BCUT2D eigenvalue weighted by atomic mass is 10.0. The second kappa shape index (κ2) is 27.2. The Kier molecular flexibility index (Phi) is 26.3. The van der Waals surface area contributed by atoms with E-state index in [9.17, 15) is 4.79 Å². The summed E-state index contributed by atoms with van der Waals surface area (Å²) in [5.74, 6) is -0.244. The SMILES string of the molecule is CCCCCCCCC=CCCCCCCC=CCCCCCCC[C@H](CCO)OC(C)=O. The highest BCUT2D eigenvalue weighted by molar-refractivity contribution is 5.66. The third-order valence-corrected chi connectivity index (χ3v) is 6.23. The Morgan fingerprint density at radius 1 is 0.636 bits per heavy atom. The number of esters is 1. The molecule has 0 fully saturated rings. The second-order valence-corrected chi connectivity index (χ2v) is 9.58. The van der Waals surface area contributed by atoms with Gasteiger partial charge < -0.3 is 9.84 Å². The van der Waals surface area contributed by atoms with Gasteiger partial charge in [-0.2, -0.15) is 0 Å². The predicted octanol–water partition coefficient (Wildman–Crippen LogP) is 9.23. The number of carbonyl (C=O) groups excluding carboxylic acids is 1. The summed E-state index contributed by atoms with van der Waals surface area (Å²) in [5.41, 5.74) is 0. The van der Waals surface area contributed by atoms with Crippen molar-refractivity contribution < 1.29 is 14.6 Å². The Labute approximate surface area is 206 Å². The second-order valence-electron chi connectivity index (χ2n) is 9.58. The van der Waals surface area contributed by atoms with Crippen LogP contribution in [-0.2, 0) is 9.53 Å². The minimum absolute atomic E-state index is 0.0843. The molecule has 1 atom stereocenters. The first-order chi connectivity index (χ1) is 16.2. The van der Waals surface area contributed by atoms with Crippen molar-refractivity contribution in [3.05, 3.63) is 24.3 Å². The van der Waals surface area contributed by atoms with Gasteiger partial charge >= 0.3 is 5.97 Å². The largest absolute Gasteiger partial charge is 0.462 e. The van der Waals surface area contributed by atoms with Gasteiger partial charge in [-0.05, 0) is 64.2 Å². The molecule has 0 heterocycles. The number of hydrogen-bond donors (Lipinski definition) is 1. The van der Waals surface area contributed by atoms with E-state index in [1.807, 2.05) is 0 Å². The van der Waals surface area contributed by atoms with Gasteiger partial charge in [-0.25, -0.2) is 0 Å². The summed E-state index contributed by atoms with van der Waals surface area (Å²) in [7, 11) is 0. The van der Waals surface area contributed by atoms with Gasteiger partial charge in [-0.15, -0.1) is 0 Å². The fourth-order valence-corrected chi connectivity index (χ4v) is 4.20. The van der Waals surface area contributed by atoms with Crippen molar-refractivity contribution in [2.75, 3.05) is 6.61 Å². The zero-order chi connectivity index (χ0) is 24.2. The molecule has 1 N–H and O–H groups in total. The number of unbranched alkanes of at least 4 members (excludes halogenated alkanes) is 16. The zero-order valence-corrected chi connectivity index (χ0v) is 22.2. The van der Waals surface area contributed by atoms with Crippen molar-refractivity contribution in [3.8, 4) is 0 Å². The fourth-order valence-electron chi connectivity index (χ4n) is 4.20. The molecular weight excluding hydrogens is 408 g/mol. The molecule has 0 rings (SSSR count). The summed E-state index contributed by atoms with van der Waals surface area (Å²) in [4.78, 5) is 11.0. The van der Waals surface area contributed by atoms with E-state index in [0.29, 0.717) is 6.42 Å². The van der Waals surface area contributed by atoms with E-state index in [0.717, 1.165) is 12.8 Å². The summed E-state index contributed by atoms with van der Waals surface area (Å²) in [6, 6.07) is 0. The van der Waals surface area contributed by atoms with Crippen LogP contribution in [-0.4, -0.2) is 23.8 Å². The van der Waals surface area contributed by atoms with Gasteiger partial charge in [-0.1, -0.05) is 95.4 Å². The number of ether oxygens (including phenoxy) is 1. The molecule has 0 aliphatic rings. The number of aliphatic hydroxyl groups excluding tert-OH is 1. The van der Waals surface area contributed by atoms with Gasteiger partial charge in [0.2, 0.25) is 0 Å². The molecule has 0 saturated heterocycles. The van der Waals surface area contributed by atoms with Crippen LogP contribution in [0.15, 0.2) is 24.3 Å². The molecule has 0 aliphatic carbocycles. The van der Waals surface area contributed by atoms with Crippen LogP contribution in [0.5, 0.6) is 0 Å². The van der Waals surface area contributed by atoms with Crippen LogP contribution in [0.4, 0.5) is 0 Å². The molecule has 0 saturated carbocycles. The maximum atomic E-state index is 11.0. The molecule has 0 aliphatic heterocycles. The lowest BCUT2D eigenvalue weighted by Crippen LogP contribution is -2.17. The molecule has 0 aromatic heterocycles. The first-order valence-corrected chi connectivity index (χ1v) is 14.3. The first kappa shape index (κ1) is 31.9. The molecule has 0 radical (unpaired) electrons. The van der Waals surface area contributed by atoms with E-state index in [2.05, 4.69) is 31.2 Å². The molecule has 33 heavy (non-hydrogen) atoms. The summed E-state index contributed by atoms with van der Waals surface area (Å²) in [6.07, 6.45) is 35.6. The topological polar surface area (TPSA) is 46.5 Å². The molecule has 0 spiro atoms. The Balaban J connectivity index is 3.31. The highest BCUT2D eigenvalue weighted by atomic mass is 16.5. The van der Waals surface area contributed by atoms with Crippen LogP contribution >= 0.6 is 0 Å². The van der Waals surface area contributed by atoms with E-state index in [4.69, 9.17) is 9.84 Å². The van der Waals surface area contributed by atoms with E-state index in [-0.39, 0.29) is 18.7 Å². The Morgan fingerprint density at radius 3 is 1.42 bits per heavy atom. The molecule has 194 valence electrons. The van der Waals surface area contributed by atoms with Crippen LogP contribution in [0.1, 0.15) is 149 Å². The van der Waals surface area contributed by atoms with Crippen molar-refractivity contribution in [3.63, 3.8) is 0 Å². The predicted molar refractivity (Wildman–Crippen MR) is 144 cm³/mol. The monoisotopic (exact) mass is 464 g/mol. The van der Waals surface area contributed by atoms with Crippen LogP contribution < -0.4 is 0 Å². The van der Waals surface area contributed by atoms with Crippen LogP contribution in [0.25, 0.3) is 0 Å².